The highest BCUT2D eigenvalue weighted by Gasteiger charge is 2.01. The van der Waals surface area contributed by atoms with Gasteiger partial charge in [0.1, 0.15) is 12.4 Å². The van der Waals surface area contributed by atoms with E-state index in [4.69, 9.17) is 22.1 Å². The van der Waals surface area contributed by atoms with Crippen LogP contribution in [-0.4, -0.2) is 0 Å². The zero-order valence-corrected chi connectivity index (χ0v) is 11.1. The van der Waals surface area contributed by atoms with Crippen LogP contribution in [0.2, 0.25) is 4.34 Å². The Hall–Kier alpha value is -1.03. The minimum absolute atomic E-state index is 0.0557. The SMILES string of the molecule is CC(N)c1ccc(OCc2ccc(Cl)s2)cc1. The van der Waals surface area contributed by atoms with Crippen LogP contribution in [0.4, 0.5) is 0 Å². The maximum atomic E-state index is 5.85. The van der Waals surface area contributed by atoms with E-state index in [2.05, 4.69) is 0 Å². The lowest BCUT2D eigenvalue weighted by Crippen LogP contribution is -2.04. The molecule has 90 valence electrons. The zero-order valence-electron chi connectivity index (χ0n) is 9.52. The molecule has 0 aliphatic carbocycles. The van der Waals surface area contributed by atoms with Gasteiger partial charge in [0, 0.05) is 10.9 Å². The standard InChI is InChI=1S/C13H14ClNOS/c1-9(15)10-2-4-11(5-3-10)16-8-12-6-7-13(14)17-12/h2-7,9H,8,15H2,1H3. The molecule has 4 heteroatoms. The molecule has 0 radical (unpaired) electrons. The van der Waals surface area contributed by atoms with Crippen LogP contribution in [0, 0.1) is 0 Å². The molecular weight excluding hydrogens is 254 g/mol. The molecule has 2 rings (SSSR count). The number of ether oxygens (including phenoxy) is 1. The fourth-order valence-corrected chi connectivity index (χ4v) is 2.45. The van der Waals surface area contributed by atoms with Crippen molar-refractivity contribution in [2.24, 2.45) is 5.73 Å². The number of nitrogens with two attached hydrogens (primary N) is 1. The van der Waals surface area contributed by atoms with Crippen molar-refractivity contribution in [3.05, 3.63) is 51.2 Å². The molecule has 1 atom stereocenters. The predicted molar refractivity (Wildman–Crippen MR) is 72.7 cm³/mol. The molecule has 0 amide bonds. The van der Waals surface area contributed by atoms with Crippen LogP contribution >= 0.6 is 22.9 Å². The summed E-state index contributed by atoms with van der Waals surface area (Å²) in [6.45, 7) is 2.51. The van der Waals surface area contributed by atoms with Crippen LogP contribution in [0.1, 0.15) is 23.4 Å². The molecule has 0 spiro atoms. The third-order valence-electron chi connectivity index (χ3n) is 2.42. The normalized spacial score (nSPS) is 12.4. The average molecular weight is 268 g/mol. The number of benzene rings is 1. The number of halogens is 1. The van der Waals surface area contributed by atoms with Crippen molar-refractivity contribution in [3.8, 4) is 5.75 Å². The van der Waals surface area contributed by atoms with Crippen molar-refractivity contribution < 1.29 is 4.74 Å². The molecule has 17 heavy (non-hydrogen) atoms. The topological polar surface area (TPSA) is 35.2 Å². The largest absolute Gasteiger partial charge is 0.488 e. The van der Waals surface area contributed by atoms with Gasteiger partial charge in [-0.05, 0) is 36.8 Å². The Morgan fingerprint density at radius 2 is 1.94 bits per heavy atom. The van der Waals surface area contributed by atoms with E-state index in [0.717, 1.165) is 20.5 Å². The van der Waals surface area contributed by atoms with E-state index in [1.165, 1.54) is 11.3 Å². The molecule has 0 saturated carbocycles. The average Bonchev–Trinajstić information content (AvgIpc) is 2.73. The van der Waals surface area contributed by atoms with Crippen LogP contribution in [0.3, 0.4) is 0 Å². The fraction of sp³-hybridized carbons (Fsp3) is 0.231. The van der Waals surface area contributed by atoms with Crippen molar-refractivity contribution in [1.82, 2.24) is 0 Å². The summed E-state index contributed by atoms with van der Waals surface area (Å²) in [6, 6.07) is 11.8. The van der Waals surface area contributed by atoms with E-state index >= 15 is 0 Å². The van der Waals surface area contributed by atoms with Gasteiger partial charge in [-0.15, -0.1) is 11.3 Å². The lowest BCUT2D eigenvalue weighted by Gasteiger charge is -2.08. The highest BCUT2D eigenvalue weighted by Crippen LogP contribution is 2.23. The third kappa shape index (κ3) is 3.46. The van der Waals surface area contributed by atoms with Crippen molar-refractivity contribution in [1.29, 1.82) is 0 Å². The molecule has 0 fully saturated rings. The summed E-state index contributed by atoms with van der Waals surface area (Å²) >= 11 is 7.38. The van der Waals surface area contributed by atoms with Gasteiger partial charge in [-0.3, -0.25) is 0 Å². The molecule has 0 aliphatic heterocycles. The Labute approximate surface area is 110 Å². The van der Waals surface area contributed by atoms with Gasteiger partial charge in [-0.2, -0.15) is 0 Å². The molecule has 1 aromatic heterocycles. The summed E-state index contributed by atoms with van der Waals surface area (Å²) in [7, 11) is 0. The lowest BCUT2D eigenvalue weighted by atomic mass is 10.1. The molecule has 0 saturated heterocycles. The second-order valence-electron chi connectivity index (χ2n) is 3.85. The molecule has 1 aromatic carbocycles. The highest BCUT2D eigenvalue weighted by atomic mass is 35.5. The van der Waals surface area contributed by atoms with Gasteiger partial charge < -0.3 is 10.5 Å². The first-order valence-electron chi connectivity index (χ1n) is 5.37. The van der Waals surface area contributed by atoms with Crippen molar-refractivity contribution in [2.75, 3.05) is 0 Å². The number of rotatable bonds is 4. The van der Waals surface area contributed by atoms with E-state index < -0.39 is 0 Å². The Balaban J connectivity index is 1.95. The summed E-state index contributed by atoms with van der Waals surface area (Å²) in [5.74, 6) is 0.846. The zero-order chi connectivity index (χ0) is 12.3. The number of thiophene rings is 1. The predicted octanol–water partition coefficient (Wildman–Crippen LogP) is 4.00. The van der Waals surface area contributed by atoms with Gasteiger partial charge in [0.2, 0.25) is 0 Å². The molecule has 0 bridgehead atoms. The molecule has 2 N–H and O–H groups in total. The quantitative estimate of drug-likeness (QED) is 0.909. The molecular formula is C13H14ClNOS. The van der Waals surface area contributed by atoms with Gasteiger partial charge >= 0.3 is 0 Å². The third-order valence-corrected chi connectivity index (χ3v) is 3.62. The fourth-order valence-electron chi connectivity index (χ4n) is 1.45. The molecule has 2 nitrogen and oxygen atoms in total. The van der Waals surface area contributed by atoms with E-state index in [0.29, 0.717) is 6.61 Å². The smallest absolute Gasteiger partial charge is 0.122 e. The first-order valence-corrected chi connectivity index (χ1v) is 6.57. The maximum Gasteiger partial charge on any atom is 0.122 e. The first kappa shape index (κ1) is 12.4. The Morgan fingerprint density at radius 1 is 1.24 bits per heavy atom. The second-order valence-corrected chi connectivity index (χ2v) is 5.65. The number of hydrogen-bond donors (Lipinski definition) is 1. The van der Waals surface area contributed by atoms with Crippen LogP contribution < -0.4 is 10.5 Å². The summed E-state index contributed by atoms with van der Waals surface area (Å²) in [5.41, 5.74) is 6.89. The number of hydrogen-bond acceptors (Lipinski definition) is 3. The first-order chi connectivity index (χ1) is 8.15. The lowest BCUT2D eigenvalue weighted by molar-refractivity contribution is 0.309. The minimum atomic E-state index is 0.0557. The summed E-state index contributed by atoms with van der Waals surface area (Å²) in [5, 5.41) is 0. The van der Waals surface area contributed by atoms with Crippen LogP contribution in [0.5, 0.6) is 5.75 Å². The van der Waals surface area contributed by atoms with E-state index in [-0.39, 0.29) is 6.04 Å². The van der Waals surface area contributed by atoms with Gasteiger partial charge in [-0.1, -0.05) is 23.7 Å². The molecule has 1 heterocycles. The molecule has 2 aromatic rings. The van der Waals surface area contributed by atoms with Crippen LogP contribution in [0.25, 0.3) is 0 Å². The monoisotopic (exact) mass is 267 g/mol. The maximum absolute atomic E-state index is 5.85. The van der Waals surface area contributed by atoms with Crippen molar-refractivity contribution in [3.63, 3.8) is 0 Å². The van der Waals surface area contributed by atoms with Crippen molar-refractivity contribution in [2.45, 2.75) is 19.6 Å². The van der Waals surface area contributed by atoms with E-state index in [1.54, 1.807) is 0 Å². The Morgan fingerprint density at radius 3 is 2.47 bits per heavy atom. The van der Waals surface area contributed by atoms with Gasteiger partial charge in [-0.25, -0.2) is 0 Å². The van der Waals surface area contributed by atoms with E-state index in [9.17, 15) is 0 Å². The second kappa shape index (κ2) is 5.54. The Kier molecular flexibility index (Phi) is 4.05. The summed E-state index contributed by atoms with van der Waals surface area (Å²) in [6.07, 6.45) is 0. The van der Waals surface area contributed by atoms with Gasteiger partial charge in [0.25, 0.3) is 0 Å². The van der Waals surface area contributed by atoms with Gasteiger partial charge in [0.05, 0.1) is 4.34 Å². The summed E-state index contributed by atoms with van der Waals surface area (Å²) < 4.78 is 6.44. The van der Waals surface area contributed by atoms with Crippen LogP contribution in [0.15, 0.2) is 36.4 Å². The molecule has 1 unspecified atom stereocenters. The molecule has 0 aliphatic rings. The van der Waals surface area contributed by atoms with Gasteiger partial charge in [0.15, 0.2) is 0 Å². The van der Waals surface area contributed by atoms with E-state index in [1.807, 2.05) is 43.3 Å². The minimum Gasteiger partial charge on any atom is -0.488 e. The highest BCUT2D eigenvalue weighted by molar-refractivity contribution is 7.16. The Bertz CT molecular complexity index is 478. The van der Waals surface area contributed by atoms with Crippen LogP contribution in [-0.2, 0) is 6.61 Å². The van der Waals surface area contributed by atoms with Crippen molar-refractivity contribution >= 4 is 22.9 Å². The summed E-state index contributed by atoms with van der Waals surface area (Å²) in [4.78, 5) is 1.12.